The van der Waals surface area contributed by atoms with Crippen LogP contribution in [0.1, 0.15) is 0 Å². The maximum atomic E-state index is 5.44. The molecule has 0 aliphatic carbocycles. The third kappa shape index (κ3) is 6.30. The zero-order chi connectivity index (χ0) is 45.4. The Kier molecular flexibility index (Phi) is 8.93. The highest BCUT2D eigenvalue weighted by Gasteiger charge is 2.25. The molecule has 0 bridgehead atoms. The maximum absolute atomic E-state index is 5.44. The quantitative estimate of drug-likeness (QED) is 0.159. The first kappa shape index (κ1) is 39.1. The SMILES string of the molecule is c1ccc(-c2nc(-c3ccccc3)nc(-c3cc(-c4nc(-c5ccccc5)c5sc6ccccc6c5n4)ccc3-n3c4ccccc4c4ccc5c(c6ccccc6n5-c5ccccc5)c43)n2)cc1. The summed E-state index contributed by atoms with van der Waals surface area (Å²) in [7, 11) is 0. The summed E-state index contributed by atoms with van der Waals surface area (Å²) in [6, 6.07) is 78.5. The monoisotopic (exact) mass is 899 g/mol. The molecular formula is C61H37N7S. The van der Waals surface area contributed by atoms with E-state index in [1.807, 2.05) is 42.5 Å². The van der Waals surface area contributed by atoms with Gasteiger partial charge >= 0.3 is 0 Å². The van der Waals surface area contributed by atoms with E-state index in [0.717, 1.165) is 98.7 Å². The molecule has 5 heterocycles. The van der Waals surface area contributed by atoms with Crippen molar-refractivity contribution < 1.29 is 0 Å². The number of hydrogen-bond donors (Lipinski definition) is 0. The molecule has 0 aliphatic heterocycles. The fourth-order valence-electron chi connectivity index (χ4n) is 10.1. The summed E-state index contributed by atoms with van der Waals surface area (Å²) in [5.74, 6) is 2.32. The first-order valence-corrected chi connectivity index (χ1v) is 23.8. The fraction of sp³-hybridized carbons (Fsp3) is 0. The summed E-state index contributed by atoms with van der Waals surface area (Å²) in [5.41, 5.74) is 12.8. The number of aromatic nitrogens is 7. The van der Waals surface area contributed by atoms with E-state index in [1.54, 1.807) is 11.3 Å². The van der Waals surface area contributed by atoms with E-state index in [-0.39, 0.29) is 0 Å². The van der Waals surface area contributed by atoms with E-state index < -0.39 is 0 Å². The Bertz CT molecular complexity index is 4240. The van der Waals surface area contributed by atoms with Gasteiger partial charge in [0.25, 0.3) is 0 Å². The zero-order valence-corrected chi connectivity index (χ0v) is 37.7. The van der Waals surface area contributed by atoms with E-state index in [1.165, 1.54) is 10.1 Å². The summed E-state index contributed by atoms with van der Waals surface area (Å²) in [5, 5.41) is 5.74. The van der Waals surface area contributed by atoms with E-state index in [2.05, 4.69) is 191 Å². The van der Waals surface area contributed by atoms with Gasteiger partial charge in [-0.25, -0.2) is 24.9 Å². The lowest BCUT2D eigenvalue weighted by atomic mass is 10.0. The molecule has 9 aromatic carbocycles. The summed E-state index contributed by atoms with van der Waals surface area (Å²) >= 11 is 1.73. The van der Waals surface area contributed by atoms with Crippen molar-refractivity contribution in [2.45, 2.75) is 0 Å². The van der Waals surface area contributed by atoms with E-state index in [0.29, 0.717) is 23.3 Å². The predicted octanol–water partition coefficient (Wildman–Crippen LogP) is 15.6. The number of fused-ring (bicyclic) bond motifs is 10. The lowest BCUT2D eigenvalue weighted by molar-refractivity contribution is 1.06. The van der Waals surface area contributed by atoms with Gasteiger partial charge in [0.15, 0.2) is 23.3 Å². The van der Waals surface area contributed by atoms with E-state index in [9.17, 15) is 0 Å². The Morgan fingerprint density at radius 1 is 0.348 bits per heavy atom. The lowest BCUT2D eigenvalue weighted by Crippen LogP contribution is -2.04. The first-order valence-electron chi connectivity index (χ1n) is 23.0. The molecule has 69 heavy (non-hydrogen) atoms. The summed E-state index contributed by atoms with van der Waals surface area (Å²) in [6.07, 6.45) is 0. The normalized spacial score (nSPS) is 11.8. The zero-order valence-electron chi connectivity index (χ0n) is 36.9. The molecule has 0 unspecified atom stereocenters. The van der Waals surface area contributed by atoms with Crippen molar-refractivity contribution in [1.82, 2.24) is 34.1 Å². The highest BCUT2D eigenvalue weighted by Crippen LogP contribution is 2.45. The van der Waals surface area contributed by atoms with E-state index in [4.69, 9.17) is 24.9 Å². The molecule has 0 fully saturated rings. The van der Waals surface area contributed by atoms with Crippen LogP contribution in [0.25, 0.3) is 132 Å². The molecule has 0 radical (unpaired) electrons. The van der Waals surface area contributed by atoms with Gasteiger partial charge in [-0.05, 0) is 54.6 Å². The standard InChI is InChI=1S/C61H37N7S/c1-5-19-38(20-6-1)54-57-55(46-29-15-18-32-52(46)69-57)63-60(62-54)41-33-35-50(47(37-41)61-65-58(39-21-7-2-8-22-39)64-59(66-61)40-23-9-3-10-24-40)68-48-30-16-13-27-43(48)44-34-36-51-53(56(44)68)45-28-14-17-31-49(45)67(51)42-25-11-4-12-26-42/h1-37H. The average Bonchev–Trinajstić information content (AvgIpc) is 4.09. The minimum Gasteiger partial charge on any atom is -0.309 e. The number of rotatable bonds is 7. The van der Waals surface area contributed by atoms with Crippen LogP contribution >= 0.6 is 11.3 Å². The predicted molar refractivity (Wildman–Crippen MR) is 284 cm³/mol. The van der Waals surface area contributed by atoms with Gasteiger partial charge in [-0.15, -0.1) is 11.3 Å². The van der Waals surface area contributed by atoms with Crippen LogP contribution in [0, 0.1) is 0 Å². The number of nitrogens with zero attached hydrogens (tertiary/aromatic N) is 7. The maximum Gasteiger partial charge on any atom is 0.166 e. The average molecular weight is 900 g/mol. The molecule has 7 nitrogen and oxygen atoms in total. The molecule has 0 spiro atoms. The van der Waals surface area contributed by atoms with Crippen molar-refractivity contribution in [3.05, 3.63) is 224 Å². The minimum atomic E-state index is 0.537. The van der Waals surface area contributed by atoms with Crippen LogP contribution in [0.5, 0.6) is 0 Å². The van der Waals surface area contributed by atoms with Gasteiger partial charge in [-0.3, -0.25) is 0 Å². The highest BCUT2D eigenvalue weighted by atomic mass is 32.1. The molecule has 14 aromatic rings. The third-order valence-corrected chi connectivity index (χ3v) is 14.4. The van der Waals surface area contributed by atoms with Crippen LogP contribution in [0.3, 0.4) is 0 Å². The highest BCUT2D eigenvalue weighted by molar-refractivity contribution is 7.26. The smallest absolute Gasteiger partial charge is 0.166 e. The molecule has 322 valence electrons. The molecule has 0 saturated carbocycles. The van der Waals surface area contributed by atoms with Gasteiger partial charge in [0, 0.05) is 65.1 Å². The van der Waals surface area contributed by atoms with Crippen molar-refractivity contribution in [3.8, 4) is 68.2 Å². The molecule has 8 heteroatoms. The Morgan fingerprint density at radius 3 is 1.59 bits per heavy atom. The van der Waals surface area contributed by atoms with Gasteiger partial charge in [0.1, 0.15) is 0 Å². The van der Waals surface area contributed by atoms with Gasteiger partial charge in [-0.2, -0.15) is 0 Å². The molecule has 0 aliphatic rings. The van der Waals surface area contributed by atoms with Crippen LogP contribution in [0.2, 0.25) is 0 Å². The number of hydrogen-bond acceptors (Lipinski definition) is 6. The van der Waals surface area contributed by atoms with Gasteiger partial charge in [0.05, 0.1) is 43.7 Å². The second kappa shape index (κ2) is 15.8. The minimum absolute atomic E-state index is 0.537. The molecule has 0 N–H and O–H groups in total. The summed E-state index contributed by atoms with van der Waals surface area (Å²) in [6.45, 7) is 0. The Hall–Kier alpha value is -9.11. The third-order valence-electron chi connectivity index (χ3n) is 13.2. The molecule has 0 saturated heterocycles. The van der Waals surface area contributed by atoms with Crippen molar-refractivity contribution >= 4 is 75.3 Å². The van der Waals surface area contributed by atoms with Crippen LogP contribution in [-0.4, -0.2) is 34.1 Å². The second-order valence-corrected chi connectivity index (χ2v) is 18.3. The van der Waals surface area contributed by atoms with Crippen LogP contribution in [0.4, 0.5) is 0 Å². The van der Waals surface area contributed by atoms with Crippen LogP contribution in [0.15, 0.2) is 224 Å². The molecule has 0 amide bonds. The van der Waals surface area contributed by atoms with Crippen molar-refractivity contribution in [2.75, 3.05) is 0 Å². The second-order valence-electron chi connectivity index (χ2n) is 17.2. The fourth-order valence-corrected chi connectivity index (χ4v) is 11.3. The first-order chi connectivity index (χ1) is 34.2. The Labute approximate surface area is 399 Å². The Balaban J connectivity index is 1.11. The van der Waals surface area contributed by atoms with E-state index >= 15 is 0 Å². The topological polar surface area (TPSA) is 74.3 Å². The molecule has 14 rings (SSSR count). The number of thiophene rings is 1. The number of para-hydroxylation sites is 3. The van der Waals surface area contributed by atoms with Gasteiger partial charge in [0.2, 0.25) is 0 Å². The van der Waals surface area contributed by atoms with Crippen molar-refractivity contribution in [1.29, 1.82) is 0 Å². The molecule has 0 atom stereocenters. The van der Waals surface area contributed by atoms with Crippen LogP contribution in [-0.2, 0) is 0 Å². The molecule has 5 aromatic heterocycles. The van der Waals surface area contributed by atoms with Crippen molar-refractivity contribution in [2.24, 2.45) is 0 Å². The largest absolute Gasteiger partial charge is 0.309 e. The summed E-state index contributed by atoms with van der Waals surface area (Å²) < 4.78 is 7.04. The Morgan fingerprint density at radius 2 is 0.899 bits per heavy atom. The lowest BCUT2D eigenvalue weighted by Gasteiger charge is -2.17. The van der Waals surface area contributed by atoms with Gasteiger partial charge < -0.3 is 9.13 Å². The number of benzene rings is 9. The molecular weight excluding hydrogens is 863 g/mol. The van der Waals surface area contributed by atoms with Gasteiger partial charge in [-0.1, -0.05) is 170 Å². The van der Waals surface area contributed by atoms with Crippen LogP contribution < -0.4 is 0 Å². The van der Waals surface area contributed by atoms with Crippen molar-refractivity contribution in [3.63, 3.8) is 0 Å². The summed E-state index contributed by atoms with van der Waals surface area (Å²) in [4.78, 5) is 26.8.